The highest BCUT2D eigenvalue weighted by Crippen LogP contribution is 2.30. The Hall–Kier alpha value is -1.89. The number of fused-ring (bicyclic) bond motifs is 1. The van der Waals surface area contributed by atoms with Crippen molar-refractivity contribution in [1.29, 1.82) is 5.26 Å². The first-order valence-corrected chi connectivity index (χ1v) is 5.19. The number of aromatic nitrogens is 1. The molecule has 4 nitrogen and oxygen atoms in total. The molecule has 1 heterocycles. The average Bonchev–Trinajstić information content (AvgIpc) is 2.28. The molecule has 1 aliphatic rings. The zero-order chi connectivity index (χ0) is 11.7. The molecule has 0 N–H and O–H groups in total. The molecule has 2 rings (SSSR count). The number of hydrogen-bond acceptors (Lipinski definition) is 4. The first kappa shape index (κ1) is 10.6. The maximum Gasteiger partial charge on any atom is 0.231 e. The van der Waals surface area contributed by atoms with E-state index in [9.17, 15) is 4.79 Å². The van der Waals surface area contributed by atoms with Gasteiger partial charge in [-0.1, -0.05) is 0 Å². The third kappa shape index (κ3) is 1.45. The van der Waals surface area contributed by atoms with E-state index < -0.39 is 0 Å². The van der Waals surface area contributed by atoms with Gasteiger partial charge < -0.3 is 4.74 Å². The number of methoxy groups -OCH3 is 1. The lowest BCUT2D eigenvalue weighted by Gasteiger charge is -2.18. The summed E-state index contributed by atoms with van der Waals surface area (Å²) in [5.41, 5.74) is 2.51. The van der Waals surface area contributed by atoms with Gasteiger partial charge in [0.2, 0.25) is 5.88 Å². The standard InChI is InChI=1S/C12H12N2O2/c1-7-11-8(4-3-5-10(11)15)9(6-13)12(14-7)16-2/h3-5H2,1-2H3. The fourth-order valence-electron chi connectivity index (χ4n) is 2.17. The van der Waals surface area contributed by atoms with E-state index in [4.69, 9.17) is 10.00 Å². The van der Waals surface area contributed by atoms with Crippen molar-refractivity contribution >= 4 is 5.78 Å². The van der Waals surface area contributed by atoms with Crippen LogP contribution in [0.1, 0.15) is 40.0 Å². The van der Waals surface area contributed by atoms with Crippen LogP contribution in [0.25, 0.3) is 0 Å². The third-order valence-corrected chi connectivity index (χ3v) is 2.86. The van der Waals surface area contributed by atoms with Crippen molar-refractivity contribution in [2.45, 2.75) is 26.2 Å². The van der Waals surface area contributed by atoms with E-state index in [0.29, 0.717) is 29.1 Å². The van der Waals surface area contributed by atoms with E-state index in [0.717, 1.165) is 18.4 Å². The van der Waals surface area contributed by atoms with E-state index in [2.05, 4.69) is 11.1 Å². The minimum atomic E-state index is 0.0883. The number of nitriles is 1. The molecule has 1 aromatic heterocycles. The molecule has 0 amide bonds. The summed E-state index contributed by atoms with van der Waals surface area (Å²) in [7, 11) is 1.49. The van der Waals surface area contributed by atoms with Gasteiger partial charge in [-0.2, -0.15) is 5.26 Å². The van der Waals surface area contributed by atoms with Crippen molar-refractivity contribution in [2.24, 2.45) is 0 Å². The number of nitrogens with zero attached hydrogens (tertiary/aromatic N) is 2. The van der Waals surface area contributed by atoms with Crippen LogP contribution in [-0.4, -0.2) is 17.9 Å². The number of carbonyl (C=O) groups is 1. The van der Waals surface area contributed by atoms with Gasteiger partial charge in [0.05, 0.1) is 12.8 Å². The second-order valence-corrected chi connectivity index (χ2v) is 3.82. The maximum atomic E-state index is 11.8. The number of Topliss-reactive ketones (excluding diaryl/α,β-unsaturated/α-hetero) is 1. The summed E-state index contributed by atoms with van der Waals surface area (Å²) in [5, 5.41) is 9.10. The van der Waals surface area contributed by atoms with E-state index in [1.807, 2.05) is 0 Å². The van der Waals surface area contributed by atoms with Crippen LogP contribution in [0.4, 0.5) is 0 Å². The maximum absolute atomic E-state index is 11.8. The lowest BCUT2D eigenvalue weighted by Crippen LogP contribution is -2.16. The summed E-state index contributed by atoms with van der Waals surface area (Å²) in [6.45, 7) is 1.78. The minimum absolute atomic E-state index is 0.0883. The summed E-state index contributed by atoms with van der Waals surface area (Å²) in [6, 6.07) is 2.08. The highest BCUT2D eigenvalue weighted by Gasteiger charge is 2.25. The predicted molar refractivity (Wildman–Crippen MR) is 57.5 cm³/mol. The lowest BCUT2D eigenvalue weighted by atomic mass is 9.87. The quantitative estimate of drug-likeness (QED) is 0.718. The molecule has 0 atom stereocenters. The normalized spacial score (nSPS) is 14.2. The van der Waals surface area contributed by atoms with E-state index in [1.54, 1.807) is 6.92 Å². The fraction of sp³-hybridized carbons (Fsp3) is 0.417. The van der Waals surface area contributed by atoms with Gasteiger partial charge in [0.25, 0.3) is 0 Å². The van der Waals surface area contributed by atoms with Crippen molar-refractivity contribution in [3.8, 4) is 11.9 Å². The largest absolute Gasteiger partial charge is 0.480 e. The molecule has 0 spiro atoms. The fourth-order valence-corrected chi connectivity index (χ4v) is 2.17. The molecule has 0 saturated heterocycles. The summed E-state index contributed by atoms with van der Waals surface area (Å²) in [4.78, 5) is 15.9. The number of aryl methyl sites for hydroxylation is 1. The molecule has 4 heteroatoms. The van der Waals surface area contributed by atoms with Gasteiger partial charge >= 0.3 is 0 Å². The first-order chi connectivity index (χ1) is 7.69. The highest BCUT2D eigenvalue weighted by atomic mass is 16.5. The number of rotatable bonds is 1. The summed E-state index contributed by atoms with van der Waals surface area (Å²) >= 11 is 0. The Morgan fingerprint density at radius 2 is 2.19 bits per heavy atom. The van der Waals surface area contributed by atoms with Gasteiger partial charge in [-0.25, -0.2) is 4.98 Å². The van der Waals surface area contributed by atoms with Crippen LogP contribution in [0, 0.1) is 18.3 Å². The van der Waals surface area contributed by atoms with Crippen LogP contribution >= 0.6 is 0 Å². The van der Waals surface area contributed by atoms with Crippen LogP contribution in [0.3, 0.4) is 0 Å². The van der Waals surface area contributed by atoms with Crippen LogP contribution in [0.5, 0.6) is 5.88 Å². The third-order valence-electron chi connectivity index (χ3n) is 2.86. The molecule has 0 saturated carbocycles. The van der Waals surface area contributed by atoms with Gasteiger partial charge in [0, 0.05) is 12.0 Å². The van der Waals surface area contributed by atoms with Gasteiger partial charge in [-0.3, -0.25) is 4.79 Å². The molecule has 82 valence electrons. The molecule has 1 aromatic rings. The molecular weight excluding hydrogens is 204 g/mol. The second-order valence-electron chi connectivity index (χ2n) is 3.82. The second kappa shape index (κ2) is 3.93. The van der Waals surface area contributed by atoms with Crippen molar-refractivity contribution in [2.75, 3.05) is 7.11 Å². The lowest BCUT2D eigenvalue weighted by molar-refractivity contribution is 0.0971. The number of carbonyl (C=O) groups excluding carboxylic acids is 1. The molecular formula is C12H12N2O2. The zero-order valence-corrected chi connectivity index (χ0v) is 9.33. The van der Waals surface area contributed by atoms with Crippen LogP contribution in [0.15, 0.2) is 0 Å². The van der Waals surface area contributed by atoms with E-state index >= 15 is 0 Å². The Kier molecular flexibility index (Phi) is 2.61. The van der Waals surface area contributed by atoms with Crippen LogP contribution in [-0.2, 0) is 6.42 Å². The number of hydrogen-bond donors (Lipinski definition) is 0. The van der Waals surface area contributed by atoms with Crippen molar-refractivity contribution in [3.05, 3.63) is 22.4 Å². The van der Waals surface area contributed by atoms with E-state index in [1.165, 1.54) is 7.11 Å². The molecule has 0 fully saturated rings. The molecule has 0 radical (unpaired) electrons. The summed E-state index contributed by atoms with van der Waals surface area (Å²) < 4.78 is 5.07. The zero-order valence-electron chi connectivity index (χ0n) is 9.33. The van der Waals surface area contributed by atoms with Crippen molar-refractivity contribution in [3.63, 3.8) is 0 Å². The Morgan fingerprint density at radius 1 is 1.44 bits per heavy atom. The molecule has 1 aliphatic carbocycles. The van der Waals surface area contributed by atoms with Gasteiger partial charge in [-0.15, -0.1) is 0 Å². The van der Waals surface area contributed by atoms with Gasteiger partial charge in [-0.05, 0) is 25.3 Å². The topological polar surface area (TPSA) is 63.0 Å². The summed E-state index contributed by atoms with van der Waals surface area (Å²) in [6.07, 6.45) is 2.10. The average molecular weight is 216 g/mol. The summed E-state index contributed by atoms with van der Waals surface area (Å²) in [5.74, 6) is 0.416. The molecule has 0 unspecified atom stereocenters. The molecule has 0 bridgehead atoms. The van der Waals surface area contributed by atoms with Crippen LogP contribution < -0.4 is 4.74 Å². The van der Waals surface area contributed by atoms with Crippen molar-refractivity contribution in [1.82, 2.24) is 4.98 Å². The Balaban J connectivity index is 2.75. The molecule has 16 heavy (non-hydrogen) atoms. The smallest absolute Gasteiger partial charge is 0.231 e. The van der Waals surface area contributed by atoms with Gasteiger partial charge in [0.15, 0.2) is 5.78 Å². The van der Waals surface area contributed by atoms with Crippen LogP contribution in [0.2, 0.25) is 0 Å². The number of ether oxygens (including phenoxy) is 1. The number of pyridine rings is 1. The Morgan fingerprint density at radius 3 is 2.81 bits per heavy atom. The first-order valence-electron chi connectivity index (χ1n) is 5.19. The Labute approximate surface area is 93.9 Å². The monoisotopic (exact) mass is 216 g/mol. The molecule has 0 aromatic carbocycles. The van der Waals surface area contributed by atoms with E-state index in [-0.39, 0.29) is 5.78 Å². The SMILES string of the molecule is COc1nc(C)c2c(c1C#N)CCCC2=O. The molecule has 0 aliphatic heterocycles. The Bertz CT molecular complexity index is 501. The van der Waals surface area contributed by atoms with Gasteiger partial charge in [0.1, 0.15) is 11.6 Å². The van der Waals surface area contributed by atoms with Crippen molar-refractivity contribution < 1.29 is 9.53 Å². The minimum Gasteiger partial charge on any atom is -0.480 e. The number of ketones is 1. The predicted octanol–water partition coefficient (Wildman–Crippen LogP) is 1.79. The highest BCUT2D eigenvalue weighted by molar-refractivity contribution is 6.00.